The van der Waals surface area contributed by atoms with Crippen molar-refractivity contribution in [2.75, 3.05) is 20.0 Å². The molecule has 0 aliphatic carbocycles. The summed E-state index contributed by atoms with van der Waals surface area (Å²) >= 11 is 0. The minimum atomic E-state index is -0.315. The van der Waals surface area contributed by atoms with Crippen LogP contribution in [0.1, 0.15) is 31.8 Å². The van der Waals surface area contributed by atoms with E-state index >= 15 is 0 Å². The van der Waals surface area contributed by atoms with Gasteiger partial charge in [-0.05, 0) is 24.3 Å². The lowest BCUT2D eigenvalue weighted by Crippen LogP contribution is -2.22. The standard InChI is InChI=1S/C34H23N3O6/c1-40-24-13-14-25-29(28(24)35)37-23-17-27-30(34(41-2)33(23)43-25)36-22-15-20(31(38)18-9-5-3-6-10-18)21(16-26(22)42-27)32(39)19-11-7-4-8-12-19/h3-17H,35H2,1-2H3. The summed E-state index contributed by atoms with van der Waals surface area (Å²) in [5.41, 5.74) is 8.67. The smallest absolute Gasteiger partial charge is 0.197 e. The van der Waals surface area contributed by atoms with Crippen LogP contribution in [0.3, 0.4) is 0 Å². The lowest BCUT2D eigenvalue weighted by atomic mass is 9.92. The van der Waals surface area contributed by atoms with Crippen LogP contribution in [0.4, 0.5) is 17.1 Å². The highest BCUT2D eigenvalue weighted by atomic mass is 16.5. The van der Waals surface area contributed by atoms with Crippen LogP contribution in [0.15, 0.2) is 101 Å². The molecular formula is C34H23N3O6. The number of nitrogens with zero attached hydrogens (tertiary/aromatic N) is 2. The number of methoxy groups -OCH3 is 2. The van der Waals surface area contributed by atoms with Gasteiger partial charge in [-0.1, -0.05) is 60.7 Å². The van der Waals surface area contributed by atoms with Crippen LogP contribution in [0, 0.1) is 0 Å². The minimum Gasteiger partial charge on any atom is -0.495 e. The van der Waals surface area contributed by atoms with Crippen LogP contribution < -0.4 is 35.4 Å². The summed E-state index contributed by atoms with van der Waals surface area (Å²) in [7, 11) is 3.02. The summed E-state index contributed by atoms with van der Waals surface area (Å²) in [6, 6.07) is 25.8. The number of hydrogen-bond donors (Lipinski definition) is 1. The number of ketones is 2. The molecule has 2 aliphatic rings. The summed E-state index contributed by atoms with van der Waals surface area (Å²) in [5.74, 6) is 1.54. The summed E-state index contributed by atoms with van der Waals surface area (Å²) < 4.78 is 23.6. The summed E-state index contributed by atoms with van der Waals surface area (Å²) in [4.78, 5) is 37.0. The van der Waals surface area contributed by atoms with Crippen molar-refractivity contribution < 1.29 is 28.5 Å². The van der Waals surface area contributed by atoms with Crippen LogP contribution in [-0.2, 0) is 0 Å². The Morgan fingerprint density at radius 1 is 0.698 bits per heavy atom. The third-order valence-corrected chi connectivity index (χ3v) is 7.28. The Kier molecular flexibility index (Phi) is 6.13. The Hall–Kier alpha value is -5.96. The number of carbonyl (C=O) groups excluding carboxylic acids is 2. The quantitative estimate of drug-likeness (QED) is 0.197. The van der Waals surface area contributed by atoms with Crippen LogP contribution in [0.25, 0.3) is 0 Å². The lowest BCUT2D eigenvalue weighted by Gasteiger charge is -2.22. The van der Waals surface area contributed by atoms with Gasteiger partial charge >= 0.3 is 0 Å². The highest BCUT2D eigenvalue weighted by Gasteiger charge is 2.29. The number of benzene rings is 5. The minimum absolute atomic E-state index is 0.198. The van der Waals surface area contributed by atoms with Gasteiger partial charge in [0.05, 0.1) is 14.2 Å². The summed E-state index contributed by atoms with van der Waals surface area (Å²) in [6.45, 7) is 0. The molecule has 9 heteroatoms. The number of fused-ring (bicyclic) bond motifs is 4. The fraction of sp³-hybridized carbons (Fsp3) is 0.0588. The molecule has 0 aromatic heterocycles. The van der Waals surface area contributed by atoms with Gasteiger partial charge in [-0.25, -0.2) is 9.98 Å². The fourth-order valence-electron chi connectivity index (χ4n) is 5.17. The summed E-state index contributed by atoms with van der Waals surface area (Å²) in [6.07, 6.45) is 0. The lowest BCUT2D eigenvalue weighted by molar-refractivity contribution is 0.100. The first-order chi connectivity index (χ1) is 21.0. The molecule has 0 unspecified atom stereocenters. The van der Waals surface area contributed by atoms with Crippen molar-refractivity contribution in [3.63, 3.8) is 0 Å². The molecule has 2 aliphatic heterocycles. The van der Waals surface area contributed by atoms with Gasteiger partial charge in [-0.3, -0.25) is 9.59 Å². The number of ether oxygens (including phenoxy) is 4. The summed E-state index contributed by atoms with van der Waals surface area (Å²) in [5, 5.41) is 0.771. The van der Waals surface area contributed by atoms with Gasteiger partial charge in [0.2, 0.25) is 0 Å². The zero-order chi connectivity index (χ0) is 29.7. The van der Waals surface area contributed by atoms with Gasteiger partial charge in [-0.15, -0.1) is 0 Å². The molecule has 5 aromatic carbocycles. The number of nitrogen functional groups attached to an aromatic ring is 1. The average molecular weight is 570 g/mol. The van der Waals surface area contributed by atoms with Gasteiger partial charge in [-0.2, -0.15) is 0 Å². The molecule has 0 amide bonds. The van der Waals surface area contributed by atoms with E-state index in [9.17, 15) is 9.59 Å². The van der Waals surface area contributed by atoms with Gasteiger partial charge in [0.25, 0.3) is 0 Å². The van der Waals surface area contributed by atoms with E-state index < -0.39 is 0 Å². The fourth-order valence-corrected chi connectivity index (χ4v) is 5.17. The van der Waals surface area contributed by atoms with Crippen molar-refractivity contribution in [2.24, 2.45) is 9.98 Å². The molecular weight excluding hydrogens is 546 g/mol. The maximum Gasteiger partial charge on any atom is 0.197 e. The molecule has 9 nitrogen and oxygen atoms in total. The molecule has 0 atom stereocenters. The van der Waals surface area contributed by atoms with Crippen molar-refractivity contribution >= 4 is 28.6 Å². The van der Waals surface area contributed by atoms with E-state index in [0.717, 1.165) is 0 Å². The van der Waals surface area contributed by atoms with E-state index in [2.05, 4.69) is 0 Å². The first-order valence-electron chi connectivity index (χ1n) is 13.3. The Morgan fingerprint density at radius 2 is 1.35 bits per heavy atom. The van der Waals surface area contributed by atoms with Gasteiger partial charge in [0.1, 0.15) is 28.2 Å². The van der Waals surface area contributed by atoms with Crippen LogP contribution in [0.2, 0.25) is 0 Å². The molecule has 0 saturated carbocycles. The molecule has 210 valence electrons. The van der Waals surface area contributed by atoms with Crippen molar-refractivity contribution in [1.82, 2.24) is 0 Å². The molecule has 43 heavy (non-hydrogen) atoms. The normalized spacial score (nSPS) is 12.0. The Labute approximate surface area is 245 Å². The predicted octanol–water partition coefficient (Wildman–Crippen LogP) is 5.86. The largest absolute Gasteiger partial charge is 0.495 e. The molecule has 2 N–H and O–H groups in total. The topological polar surface area (TPSA) is 122 Å². The maximum absolute atomic E-state index is 13.7. The van der Waals surface area contributed by atoms with E-state index in [-0.39, 0.29) is 22.7 Å². The third kappa shape index (κ3) is 4.26. The predicted molar refractivity (Wildman–Crippen MR) is 158 cm³/mol. The molecule has 0 saturated heterocycles. The van der Waals surface area contributed by atoms with Crippen LogP contribution in [0.5, 0.6) is 34.5 Å². The van der Waals surface area contributed by atoms with Crippen LogP contribution in [-0.4, -0.2) is 25.8 Å². The van der Waals surface area contributed by atoms with Crippen molar-refractivity contribution in [2.45, 2.75) is 0 Å². The first-order valence-corrected chi connectivity index (χ1v) is 13.3. The molecule has 0 radical (unpaired) electrons. The molecule has 0 fully saturated rings. The zero-order valence-electron chi connectivity index (χ0n) is 23.1. The molecule has 2 heterocycles. The monoisotopic (exact) mass is 569 g/mol. The van der Waals surface area contributed by atoms with Gasteiger partial charge < -0.3 is 24.7 Å². The Bertz CT molecular complexity index is 2090. The number of rotatable bonds is 6. The van der Waals surface area contributed by atoms with Gasteiger partial charge in [0.15, 0.2) is 45.7 Å². The second kappa shape index (κ2) is 10.1. The highest BCUT2D eigenvalue weighted by Crippen LogP contribution is 2.46. The second-order valence-corrected chi connectivity index (χ2v) is 9.82. The number of hydrogen-bond acceptors (Lipinski definition) is 9. The molecule has 0 spiro atoms. The number of nitrogens with two attached hydrogens (primary N) is 1. The Morgan fingerprint density at radius 3 is 1.98 bits per heavy atom. The maximum atomic E-state index is 13.7. The molecule has 0 bridgehead atoms. The first kappa shape index (κ1) is 26.0. The zero-order valence-corrected chi connectivity index (χ0v) is 23.1. The molecule has 7 rings (SSSR count). The van der Waals surface area contributed by atoms with Crippen molar-refractivity contribution in [3.8, 4) is 34.5 Å². The van der Waals surface area contributed by atoms with Crippen LogP contribution >= 0.6 is 0 Å². The van der Waals surface area contributed by atoms with E-state index in [1.54, 1.807) is 78.9 Å². The van der Waals surface area contributed by atoms with E-state index in [1.165, 1.54) is 14.2 Å². The SMILES string of the molecule is COc1ccc2c(c1N)N=c1cc3c(c(OC)c1O2)=Nc1cc(C(=O)c2ccccc2)c(C(=O)c2ccccc2)cc1O3. The number of anilines is 1. The highest BCUT2D eigenvalue weighted by molar-refractivity contribution is 6.20. The Balaban J connectivity index is 1.43. The average Bonchev–Trinajstić information content (AvgIpc) is 3.05. The second-order valence-electron chi connectivity index (χ2n) is 9.82. The molecule has 5 aromatic rings. The van der Waals surface area contributed by atoms with E-state index in [1.807, 2.05) is 12.1 Å². The number of carbonyl (C=O) groups is 2. The van der Waals surface area contributed by atoms with Crippen molar-refractivity contribution in [3.05, 3.63) is 124 Å². The van der Waals surface area contributed by atoms with E-state index in [4.69, 9.17) is 34.7 Å². The third-order valence-electron chi connectivity index (χ3n) is 7.28. The van der Waals surface area contributed by atoms with Crippen molar-refractivity contribution in [1.29, 1.82) is 0 Å². The van der Waals surface area contributed by atoms with E-state index in [0.29, 0.717) is 73.4 Å². The van der Waals surface area contributed by atoms with Gasteiger partial charge in [0, 0.05) is 28.3 Å².